The number of likely N-dealkylation sites (tertiary alicyclic amines) is 1. The molecule has 31 heavy (non-hydrogen) atoms. The molecule has 1 aromatic rings. The van der Waals surface area contributed by atoms with Gasteiger partial charge < -0.3 is 20.3 Å². The first-order valence-corrected chi connectivity index (χ1v) is 10.3. The molecular weight excluding hydrogens is 524 g/mol. The quantitative estimate of drug-likeness (QED) is 0.289. The van der Waals surface area contributed by atoms with Crippen molar-refractivity contribution in [2.24, 2.45) is 10.9 Å². The molecule has 176 valence electrons. The monoisotopic (exact) mass is 556 g/mol. The Balaban J connectivity index is 0.00000480. The summed E-state index contributed by atoms with van der Waals surface area (Å²) in [6.45, 7) is 5.98. The van der Waals surface area contributed by atoms with Crippen molar-refractivity contribution in [2.45, 2.75) is 45.8 Å². The third-order valence-corrected chi connectivity index (χ3v) is 4.73. The predicted molar refractivity (Wildman–Crippen MR) is 126 cm³/mol. The van der Waals surface area contributed by atoms with Crippen molar-refractivity contribution < 1.29 is 22.7 Å². The molecule has 1 atom stereocenters. The molecule has 1 fully saturated rings. The Bertz CT molecular complexity index is 699. The summed E-state index contributed by atoms with van der Waals surface area (Å²) >= 11 is 0. The Morgan fingerprint density at radius 2 is 1.97 bits per heavy atom. The minimum atomic E-state index is -4.36. The van der Waals surface area contributed by atoms with Gasteiger partial charge >= 0.3 is 6.18 Å². The number of aliphatic imine (C=N–C) groups is 1. The number of carbonyl (C=O) groups is 1. The second kappa shape index (κ2) is 13.6. The molecule has 2 rings (SSSR count). The molecular formula is C21H32F3IN4O2. The number of alkyl halides is 3. The van der Waals surface area contributed by atoms with E-state index in [1.807, 2.05) is 11.8 Å². The van der Waals surface area contributed by atoms with E-state index < -0.39 is 12.8 Å². The van der Waals surface area contributed by atoms with E-state index >= 15 is 0 Å². The van der Waals surface area contributed by atoms with Gasteiger partial charge in [-0.2, -0.15) is 13.2 Å². The number of piperidine rings is 1. The first-order valence-electron chi connectivity index (χ1n) is 10.3. The van der Waals surface area contributed by atoms with Crippen LogP contribution in [0.4, 0.5) is 13.2 Å². The number of halogens is 4. The number of carbonyl (C=O) groups excluding carboxylic acids is 1. The summed E-state index contributed by atoms with van der Waals surface area (Å²) in [5, 5.41) is 6.29. The second-order valence-corrected chi connectivity index (χ2v) is 7.51. The van der Waals surface area contributed by atoms with Crippen molar-refractivity contribution in [3.05, 3.63) is 29.8 Å². The zero-order valence-corrected chi connectivity index (χ0v) is 20.3. The summed E-state index contributed by atoms with van der Waals surface area (Å²) in [5.41, 5.74) is 0.838. The molecule has 0 radical (unpaired) electrons. The standard InChI is InChI=1S/C21H31F3N4O2.HI/c1-3-25-20(26-11-10-19(29)28-12-4-5-16(2)14-28)27-13-17-6-8-18(9-7-17)30-15-21(22,23)24;/h6-9,16H,3-5,10-15H2,1-2H3,(H2,25,26,27);1H. The number of hydrogen-bond donors (Lipinski definition) is 2. The molecule has 0 aliphatic carbocycles. The average molecular weight is 556 g/mol. The number of hydrogen-bond acceptors (Lipinski definition) is 3. The summed E-state index contributed by atoms with van der Waals surface area (Å²) < 4.78 is 41.3. The van der Waals surface area contributed by atoms with E-state index in [-0.39, 0.29) is 35.6 Å². The normalized spacial score (nSPS) is 17.0. The van der Waals surface area contributed by atoms with E-state index in [9.17, 15) is 18.0 Å². The molecule has 2 N–H and O–H groups in total. The Morgan fingerprint density at radius 1 is 1.26 bits per heavy atom. The van der Waals surface area contributed by atoms with Crippen LogP contribution in [0.2, 0.25) is 0 Å². The van der Waals surface area contributed by atoms with Crippen molar-refractivity contribution in [3.63, 3.8) is 0 Å². The largest absolute Gasteiger partial charge is 0.484 e. The van der Waals surface area contributed by atoms with E-state index in [2.05, 4.69) is 22.5 Å². The van der Waals surface area contributed by atoms with Gasteiger partial charge in [-0.15, -0.1) is 24.0 Å². The fourth-order valence-electron chi connectivity index (χ4n) is 3.23. The van der Waals surface area contributed by atoms with Crippen LogP contribution >= 0.6 is 24.0 Å². The zero-order valence-electron chi connectivity index (χ0n) is 18.0. The molecule has 1 heterocycles. The molecule has 0 saturated carbocycles. The molecule has 1 aromatic carbocycles. The molecule has 0 bridgehead atoms. The Morgan fingerprint density at radius 3 is 2.58 bits per heavy atom. The van der Waals surface area contributed by atoms with Gasteiger partial charge in [0.05, 0.1) is 6.54 Å². The summed E-state index contributed by atoms with van der Waals surface area (Å²) in [4.78, 5) is 18.8. The number of nitrogens with one attached hydrogen (secondary N) is 2. The van der Waals surface area contributed by atoms with Crippen LogP contribution < -0.4 is 15.4 Å². The number of benzene rings is 1. The summed E-state index contributed by atoms with van der Waals surface area (Å²) in [5.74, 6) is 1.46. The van der Waals surface area contributed by atoms with Gasteiger partial charge in [-0.1, -0.05) is 19.1 Å². The number of guanidine groups is 1. The maximum Gasteiger partial charge on any atom is 0.422 e. The molecule has 1 amide bonds. The molecule has 1 aliphatic rings. The van der Waals surface area contributed by atoms with Gasteiger partial charge in [-0.3, -0.25) is 4.79 Å². The summed E-state index contributed by atoms with van der Waals surface area (Å²) in [6, 6.07) is 6.35. The summed E-state index contributed by atoms with van der Waals surface area (Å²) in [7, 11) is 0. The highest BCUT2D eigenvalue weighted by Gasteiger charge is 2.28. The minimum absolute atomic E-state index is 0. The maximum absolute atomic E-state index is 12.4. The van der Waals surface area contributed by atoms with Crippen molar-refractivity contribution >= 4 is 35.8 Å². The van der Waals surface area contributed by atoms with Gasteiger partial charge in [0.25, 0.3) is 0 Å². The number of rotatable bonds is 8. The predicted octanol–water partition coefficient (Wildman–Crippen LogP) is 3.95. The van der Waals surface area contributed by atoms with Crippen LogP contribution in [0, 0.1) is 5.92 Å². The smallest absolute Gasteiger partial charge is 0.422 e. The van der Waals surface area contributed by atoms with Gasteiger partial charge in [0.2, 0.25) is 5.91 Å². The van der Waals surface area contributed by atoms with Gasteiger partial charge in [0, 0.05) is 32.6 Å². The van der Waals surface area contributed by atoms with Crippen LogP contribution in [-0.2, 0) is 11.3 Å². The van der Waals surface area contributed by atoms with Crippen LogP contribution in [0.15, 0.2) is 29.3 Å². The average Bonchev–Trinajstić information content (AvgIpc) is 2.70. The number of nitrogens with zero attached hydrogens (tertiary/aromatic N) is 2. The molecule has 6 nitrogen and oxygen atoms in total. The first-order chi connectivity index (χ1) is 14.3. The van der Waals surface area contributed by atoms with E-state index in [0.29, 0.717) is 37.9 Å². The lowest BCUT2D eigenvalue weighted by atomic mass is 10.00. The van der Waals surface area contributed by atoms with Crippen molar-refractivity contribution in [1.29, 1.82) is 0 Å². The SMILES string of the molecule is CCNC(=NCc1ccc(OCC(F)(F)F)cc1)NCCC(=O)N1CCCC(C)C1.I. The van der Waals surface area contributed by atoms with E-state index in [1.54, 1.807) is 12.1 Å². The number of ether oxygens (including phenoxy) is 1. The Labute approximate surface area is 199 Å². The van der Waals surface area contributed by atoms with Crippen molar-refractivity contribution in [3.8, 4) is 5.75 Å². The van der Waals surface area contributed by atoms with Gasteiger partial charge in [-0.25, -0.2) is 4.99 Å². The second-order valence-electron chi connectivity index (χ2n) is 7.51. The van der Waals surface area contributed by atoms with Crippen molar-refractivity contribution in [1.82, 2.24) is 15.5 Å². The zero-order chi connectivity index (χ0) is 22.0. The number of amides is 1. The van der Waals surface area contributed by atoms with Crippen LogP contribution in [0.5, 0.6) is 5.75 Å². The lowest BCUT2D eigenvalue weighted by Gasteiger charge is -2.31. The fraction of sp³-hybridized carbons (Fsp3) is 0.619. The molecule has 10 heteroatoms. The van der Waals surface area contributed by atoms with E-state index in [4.69, 9.17) is 4.74 Å². The third kappa shape index (κ3) is 10.9. The van der Waals surface area contributed by atoms with Crippen LogP contribution in [0.1, 0.15) is 38.7 Å². The third-order valence-electron chi connectivity index (χ3n) is 4.73. The van der Waals surface area contributed by atoms with Gasteiger partial charge in [-0.05, 0) is 43.4 Å². The Hall–Kier alpha value is -1.72. The van der Waals surface area contributed by atoms with Crippen LogP contribution in [0.25, 0.3) is 0 Å². The molecule has 1 unspecified atom stereocenters. The molecule has 0 spiro atoms. The molecule has 1 saturated heterocycles. The minimum Gasteiger partial charge on any atom is -0.484 e. The highest BCUT2D eigenvalue weighted by Crippen LogP contribution is 2.19. The van der Waals surface area contributed by atoms with E-state index in [0.717, 1.165) is 25.1 Å². The van der Waals surface area contributed by atoms with E-state index in [1.165, 1.54) is 18.6 Å². The lowest BCUT2D eigenvalue weighted by Crippen LogP contribution is -2.42. The fourth-order valence-corrected chi connectivity index (χ4v) is 3.23. The topological polar surface area (TPSA) is 66.0 Å². The first kappa shape index (κ1) is 27.3. The van der Waals surface area contributed by atoms with Gasteiger partial charge in [0.1, 0.15) is 5.75 Å². The summed E-state index contributed by atoms with van der Waals surface area (Å²) in [6.07, 6.45) is -1.72. The maximum atomic E-state index is 12.4. The van der Waals surface area contributed by atoms with Crippen LogP contribution in [0.3, 0.4) is 0 Å². The van der Waals surface area contributed by atoms with Crippen LogP contribution in [-0.4, -0.2) is 55.7 Å². The molecule has 1 aliphatic heterocycles. The Kier molecular flexibility index (Phi) is 12.0. The lowest BCUT2D eigenvalue weighted by molar-refractivity contribution is -0.153. The molecule has 0 aromatic heterocycles. The highest BCUT2D eigenvalue weighted by molar-refractivity contribution is 14.0. The van der Waals surface area contributed by atoms with Crippen molar-refractivity contribution in [2.75, 3.05) is 32.8 Å². The van der Waals surface area contributed by atoms with Gasteiger partial charge in [0.15, 0.2) is 12.6 Å². The highest BCUT2D eigenvalue weighted by atomic mass is 127.